The van der Waals surface area contributed by atoms with Crippen molar-refractivity contribution in [3.05, 3.63) is 24.3 Å². The van der Waals surface area contributed by atoms with Gasteiger partial charge in [0, 0.05) is 6.07 Å². The zero-order chi connectivity index (χ0) is 38.5. The molecule has 1 aromatic carbocycles. The molecule has 2 heteroatoms. The fourth-order valence-electron chi connectivity index (χ4n) is 8.04. The molecule has 0 bridgehead atoms. The smallest absolute Gasteiger partial charge is 0.123 e. The molecule has 0 N–H and O–H groups in total. The van der Waals surface area contributed by atoms with Gasteiger partial charge < -0.3 is 9.47 Å². The summed E-state index contributed by atoms with van der Waals surface area (Å²) in [6.07, 6.45) is 59.6. The number of hydrogen-bond acceptors (Lipinski definition) is 2. The van der Waals surface area contributed by atoms with Crippen molar-refractivity contribution in [3.8, 4) is 11.5 Å². The van der Waals surface area contributed by atoms with E-state index >= 15 is 0 Å². The van der Waals surface area contributed by atoms with Crippen molar-refractivity contribution in [2.24, 2.45) is 0 Å². The summed E-state index contributed by atoms with van der Waals surface area (Å²) < 4.78 is 12.1. The number of benzene rings is 1. The summed E-state index contributed by atoms with van der Waals surface area (Å²) >= 11 is 0. The summed E-state index contributed by atoms with van der Waals surface area (Å²) in [6, 6.07) is 9.15. The Labute approximate surface area is 340 Å². The first kappa shape index (κ1) is 50.8. The minimum absolute atomic E-state index is 0.801. The molecular formula is C52H97O2. The molecule has 1 aromatic rings. The summed E-state index contributed by atoms with van der Waals surface area (Å²) in [7, 11) is 0. The van der Waals surface area contributed by atoms with Gasteiger partial charge in [-0.05, 0) is 31.0 Å². The number of unbranched alkanes of at least 4 members (excludes halogenated alkanes) is 40. The van der Waals surface area contributed by atoms with Crippen LogP contribution < -0.4 is 9.47 Å². The highest BCUT2D eigenvalue weighted by molar-refractivity contribution is 5.32. The van der Waals surface area contributed by atoms with Gasteiger partial charge in [0.15, 0.2) is 0 Å². The third-order valence-corrected chi connectivity index (χ3v) is 11.8. The molecule has 2 nitrogen and oxygen atoms in total. The fourth-order valence-corrected chi connectivity index (χ4v) is 8.04. The van der Waals surface area contributed by atoms with Gasteiger partial charge in [0.25, 0.3) is 0 Å². The average Bonchev–Trinajstić information content (AvgIpc) is 3.19. The van der Waals surface area contributed by atoms with Gasteiger partial charge in [-0.15, -0.1) is 0 Å². The minimum atomic E-state index is 0.801. The monoisotopic (exact) mass is 754 g/mol. The van der Waals surface area contributed by atoms with Crippen LogP contribution in [0, 0.1) is 6.07 Å². The van der Waals surface area contributed by atoms with Gasteiger partial charge in [-0.2, -0.15) is 0 Å². The van der Waals surface area contributed by atoms with Crippen molar-refractivity contribution >= 4 is 0 Å². The van der Waals surface area contributed by atoms with Crippen molar-refractivity contribution in [1.82, 2.24) is 0 Å². The fraction of sp³-hybridized carbons (Fsp3) is 0.885. The molecule has 0 aliphatic carbocycles. The summed E-state index contributed by atoms with van der Waals surface area (Å²) in [6.45, 7) is 6.21. The highest BCUT2D eigenvalue weighted by atomic mass is 16.5. The lowest BCUT2D eigenvalue weighted by Gasteiger charge is -2.10. The molecule has 1 rings (SSSR count). The predicted molar refractivity (Wildman–Crippen MR) is 242 cm³/mol. The lowest BCUT2D eigenvalue weighted by molar-refractivity contribution is 0.289. The second-order valence-electron chi connectivity index (χ2n) is 17.2. The second-order valence-corrected chi connectivity index (χ2v) is 17.2. The van der Waals surface area contributed by atoms with Crippen LogP contribution in [0.2, 0.25) is 0 Å². The van der Waals surface area contributed by atoms with E-state index in [9.17, 15) is 0 Å². The maximum atomic E-state index is 6.03. The van der Waals surface area contributed by atoms with Crippen molar-refractivity contribution < 1.29 is 9.47 Å². The standard InChI is InChI=1S/C52H97O2/c1-3-5-7-9-11-13-15-17-19-21-23-25-27-29-31-33-35-37-39-41-43-48-53-51-46-45-47-52(50-51)54-49-44-42-40-38-36-34-32-30-28-26-24-22-20-18-16-14-12-10-8-6-4-2/h46-47,50H,3-44,48-49H2,1-2H3. The van der Waals surface area contributed by atoms with E-state index in [1.54, 1.807) is 0 Å². The van der Waals surface area contributed by atoms with E-state index in [1.807, 2.05) is 18.2 Å². The average molecular weight is 754 g/mol. The van der Waals surface area contributed by atoms with E-state index in [0.29, 0.717) is 0 Å². The van der Waals surface area contributed by atoms with Gasteiger partial charge >= 0.3 is 0 Å². The van der Waals surface area contributed by atoms with Gasteiger partial charge in [-0.1, -0.05) is 271 Å². The first-order valence-corrected chi connectivity index (χ1v) is 25.1. The van der Waals surface area contributed by atoms with Crippen LogP contribution in [-0.2, 0) is 0 Å². The van der Waals surface area contributed by atoms with Crippen molar-refractivity contribution in [2.45, 2.75) is 284 Å². The van der Waals surface area contributed by atoms with Gasteiger partial charge in [-0.3, -0.25) is 0 Å². The Balaban J connectivity index is 1.78. The third kappa shape index (κ3) is 39.1. The van der Waals surface area contributed by atoms with E-state index in [-0.39, 0.29) is 0 Å². The molecular weight excluding hydrogens is 657 g/mol. The van der Waals surface area contributed by atoms with Crippen LogP contribution in [0.15, 0.2) is 18.2 Å². The van der Waals surface area contributed by atoms with E-state index in [1.165, 1.54) is 257 Å². The Bertz CT molecular complexity index is 757. The molecule has 0 heterocycles. The Morgan fingerprint density at radius 1 is 0.278 bits per heavy atom. The topological polar surface area (TPSA) is 18.5 Å². The van der Waals surface area contributed by atoms with Crippen LogP contribution in [0.1, 0.15) is 284 Å². The lowest BCUT2D eigenvalue weighted by atomic mass is 10.0. The highest BCUT2D eigenvalue weighted by Gasteiger charge is 2.01. The van der Waals surface area contributed by atoms with Crippen LogP contribution >= 0.6 is 0 Å². The first-order chi connectivity index (χ1) is 26.9. The van der Waals surface area contributed by atoms with Gasteiger partial charge in [0.1, 0.15) is 11.5 Å². The maximum Gasteiger partial charge on any atom is 0.123 e. The Hall–Kier alpha value is -1.18. The molecule has 0 fully saturated rings. The van der Waals surface area contributed by atoms with Crippen LogP contribution in [0.4, 0.5) is 0 Å². The molecule has 0 spiro atoms. The minimum Gasteiger partial charge on any atom is -0.493 e. The number of hydrogen-bond donors (Lipinski definition) is 0. The van der Waals surface area contributed by atoms with Crippen LogP contribution in [0.25, 0.3) is 0 Å². The van der Waals surface area contributed by atoms with E-state index in [4.69, 9.17) is 9.47 Å². The normalized spacial score (nSPS) is 11.4. The molecule has 1 radical (unpaired) electrons. The summed E-state index contributed by atoms with van der Waals surface area (Å²) in [5.41, 5.74) is 0. The van der Waals surface area contributed by atoms with Gasteiger partial charge in [-0.25, -0.2) is 0 Å². The lowest BCUT2D eigenvalue weighted by Crippen LogP contribution is -2.00. The molecule has 0 aromatic heterocycles. The van der Waals surface area contributed by atoms with Crippen molar-refractivity contribution in [3.63, 3.8) is 0 Å². The first-order valence-electron chi connectivity index (χ1n) is 25.1. The molecule has 0 saturated carbocycles. The van der Waals surface area contributed by atoms with Crippen LogP contribution in [0.3, 0.4) is 0 Å². The Morgan fingerprint density at radius 3 is 0.667 bits per heavy atom. The highest BCUT2D eigenvalue weighted by Crippen LogP contribution is 2.21. The quantitative estimate of drug-likeness (QED) is 0.0617. The zero-order valence-corrected chi connectivity index (χ0v) is 37.2. The SMILES string of the molecule is CCCCCCCCCCCCCCCCCCCCCCCOc1c[c]cc(OCCCCCCCCCCCCCCCCCCCCCCC)c1. The van der Waals surface area contributed by atoms with E-state index < -0.39 is 0 Å². The molecule has 54 heavy (non-hydrogen) atoms. The molecule has 0 amide bonds. The Morgan fingerprint density at radius 2 is 0.463 bits per heavy atom. The second kappa shape index (κ2) is 44.5. The van der Waals surface area contributed by atoms with Crippen molar-refractivity contribution in [1.29, 1.82) is 0 Å². The van der Waals surface area contributed by atoms with Crippen LogP contribution in [0.5, 0.6) is 11.5 Å². The molecule has 317 valence electrons. The van der Waals surface area contributed by atoms with E-state index in [2.05, 4.69) is 19.9 Å². The van der Waals surface area contributed by atoms with Gasteiger partial charge in [0.05, 0.1) is 13.2 Å². The predicted octanol–water partition coefficient (Wildman–Crippen LogP) is 18.7. The zero-order valence-electron chi connectivity index (χ0n) is 37.2. The summed E-state index contributed by atoms with van der Waals surface area (Å²) in [4.78, 5) is 0. The van der Waals surface area contributed by atoms with E-state index in [0.717, 1.165) is 37.6 Å². The Kier molecular flexibility index (Phi) is 41.9. The molecule has 0 aliphatic rings. The molecule has 0 unspecified atom stereocenters. The summed E-state index contributed by atoms with van der Waals surface area (Å²) in [5, 5.41) is 0. The van der Waals surface area contributed by atoms with Crippen LogP contribution in [-0.4, -0.2) is 13.2 Å². The maximum absolute atomic E-state index is 6.03. The molecule has 0 saturated heterocycles. The number of rotatable bonds is 46. The largest absolute Gasteiger partial charge is 0.493 e. The number of ether oxygens (including phenoxy) is 2. The van der Waals surface area contributed by atoms with Crippen molar-refractivity contribution in [2.75, 3.05) is 13.2 Å². The van der Waals surface area contributed by atoms with Gasteiger partial charge in [0.2, 0.25) is 0 Å². The third-order valence-electron chi connectivity index (χ3n) is 11.8. The molecule has 0 aliphatic heterocycles. The molecule has 0 atom stereocenters. The summed E-state index contributed by atoms with van der Waals surface area (Å²) in [5.74, 6) is 1.80.